The topological polar surface area (TPSA) is 69.2 Å². The highest BCUT2D eigenvalue weighted by Gasteiger charge is 2.11. The Labute approximate surface area is 138 Å². The smallest absolute Gasteiger partial charge is 0.180 e. The molecule has 0 radical (unpaired) electrons. The zero-order chi connectivity index (χ0) is 15.7. The van der Waals surface area contributed by atoms with Crippen LogP contribution in [0.1, 0.15) is 25.8 Å². The molecule has 0 saturated carbocycles. The second-order valence-corrected chi connectivity index (χ2v) is 5.68. The van der Waals surface area contributed by atoms with Gasteiger partial charge in [-0.15, -0.1) is 5.10 Å². The van der Waals surface area contributed by atoms with Gasteiger partial charge in [0.05, 0.1) is 23.9 Å². The molecule has 5 nitrogen and oxygen atoms in total. The van der Waals surface area contributed by atoms with E-state index in [1.807, 2.05) is 25.3 Å². The van der Waals surface area contributed by atoms with Crippen molar-refractivity contribution in [1.82, 2.24) is 0 Å². The van der Waals surface area contributed by atoms with Gasteiger partial charge >= 0.3 is 0 Å². The number of nitrogens with two attached hydrogens (primary N) is 1. The fourth-order valence-electron chi connectivity index (χ4n) is 1.46. The van der Waals surface area contributed by atoms with Crippen molar-refractivity contribution in [2.45, 2.75) is 20.3 Å². The molecular weight excluding hydrogens is 354 g/mol. The van der Waals surface area contributed by atoms with Crippen LogP contribution in [0.4, 0.5) is 0 Å². The van der Waals surface area contributed by atoms with Crippen LogP contribution >= 0.6 is 27.7 Å². The van der Waals surface area contributed by atoms with Crippen LogP contribution in [0, 0.1) is 0 Å². The summed E-state index contributed by atoms with van der Waals surface area (Å²) >= 11 is 4.85. The first-order valence-corrected chi connectivity index (χ1v) is 8.63. The first kappa shape index (κ1) is 17.8. The summed E-state index contributed by atoms with van der Waals surface area (Å²) in [4.78, 5) is 0. The highest BCUT2D eigenvalue weighted by molar-refractivity contribution is 9.10. The maximum atomic E-state index is 5.72. The second kappa shape index (κ2) is 9.68. The third kappa shape index (κ3) is 5.97. The number of amidine groups is 1. The van der Waals surface area contributed by atoms with E-state index in [2.05, 4.69) is 33.1 Å². The molecule has 0 fully saturated rings. The van der Waals surface area contributed by atoms with E-state index < -0.39 is 0 Å². The third-order valence-corrected chi connectivity index (χ3v) is 3.44. The molecule has 0 amide bonds. The number of thioether (sulfide) groups is 1. The minimum Gasteiger partial charge on any atom is -0.490 e. The predicted molar refractivity (Wildman–Crippen MR) is 93.8 cm³/mol. The van der Waals surface area contributed by atoms with Gasteiger partial charge in [-0.1, -0.05) is 18.7 Å². The van der Waals surface area contributed by atoms with Crippen molar-refractivity contribution in [3.63, 3.8) is 0 Å². The maximum Gasteiger partial charge on any atom is 0.180 e. The molecule has 2 N–H and O–H groups in total. The minimum absolute atomic E-state index is 0.415. The predicted octanol–water partition coefficient (Wildman–Crippen LogP) is 3.65. The first-order chi connectivity index (χ1) is 10.1. The molecule has 0 aliphatic rings. The quantitative estimate of drug-likeness (QED) is 0.449. The molecule has 0 spiro atoms. The standard InChI is InChI=1S/C14H20BrN3O2S/c1-4-6-20-13-11(15)7-10(8-12(13)19-5-2)9-17-18-14(16)21-3/h7-9H,4-6H2,1-3H3,(H2,16,18)/b17-9-. The zero-order valence-electron chi connectivity index (χ0n) is 12.4. The average molecular weight is 374 g/mol. The van der Waals surface area contributed by atoms with E-state index >= 15 is 0 Å². The SMILES string of the molecule is CCCOc1c(Br)cc(/C=N\N=C(/N)SC)cc1OCC. The van der Waals surface area contributed by atoms with Gasteiger partial charge in [-0.25, -0.2) is 0 Å². The summed E-state index contributed by atoms with van der Waals surface area (Å²) in [5.74, 6) is 1.39. The zero-order valence-corrected chi connectivity index (χ0v) is 14.8. The summed E-state index contributed by atoms with van der Waals surface area (Å²) in [6, 6.07) is 3.77. The largest absolute Gasteiger partial charge is 0.490 e. The normalized spacial score (nSPS) is 11.9. The molecule has 0 aliphatic heterocycles. The summed E-state index contributed by atoms with van der Waals surface area (Å²) in [5, 5.41) is 8.22. The van der Waals surface area contributed by atoms with Gasteiger partial charge in [0.1, 0.15) is 0 Å². The van der Waals surface area contributed by atoms with E-state index in [0.717, 1.165) is 16.5 Å². The molecule has 116 valence electrons. The van der Waals surface area contributed by atoms with Crippen molar-refractivity contribution in [2.75, 3.05) is 19.5 Å². The Hall–Kier alpha value is -1.21. The lowest BCUT2D eigenvalue weighted by molar-refractivity contribution is 0.275. The van der Waals surface area contributed by atoms with E-state index in [1.54, 1.807) is 6.21 Å². The Morgan fingerprint density at radius 2 is 2.14 bits per heavy atom. The molecule has 1 aromatic rings. The average Bonchev–Trinajstić information content (AvgIpc) is 2.46. The summed E-state index contributed by atoms with van der Waals surface area (Å²) < 4.78 is 12.2. The summed E-state index contributed by atoms with van der Waals surface area (Å²) in [6.07, 6.45) is 4.40. The molecule has 0 atom stereocenters. The molecule has 0 saturated heterocycles. The second-order valence-electron chi connectivity index (χ2n) is 4.00. The van der Waals surface area contributed by atoms with Crippen LogP contribution in [0.3, 0.4) is 0 Å². The maximum absolute atomic E-state index is 5.72. The van der Waals surface area contributed by atoms with Crippen LogP contribution in [0.15, 0.2) is 26.8 Å². The van der Waals surface area contributed by atoms with Crippen LogP contribution in [0.25, 0.3) is 0 Å². The molecule has 0 aromatic heterocycles. The van der Waals surface area contributed by atoms with Crippen molar-refractivity contribution in [3.05, 3.63) is 22.2 Å². The van der Waals surface area contributed by atoms with Crippen LogP contribution in [-0.4, -0.2) is 30.9 Å². The molecule has 0 aliphatic carbocycles. The van der Waals surface area contributed by atoms with Crippen molar-refractivity contribution in [3.8, 4) is 11.5 Å². The summed E-state index contributed by atoms with van der Waals surface area (Å²) in [6.45, 7) is 5.19. The third-order valence-electron chi connectivity index (χ3n) is 2.35. The highest BCUT2D eigenvalue weighted by atomic mass is 79.9. The van der Waals surface area contributed by atoms with Crippen molar-refractivity contribution < 1.29 is 9.47 Å². The molecule has 21 heavy (non-hydrogen) atoms. The van der Waals surface area contributed by atoms with E-state index in [1.165, 1.54) is 11.8 Å². The van der Waals surface area contributed by atoms with Crippen molar-refractivity contribution in [2.24, 2.45) is 15.9 Å². The van der Waals surface area contributed by atoms with Crippen LogP contribution in [0.2, 0.25) is 0 Å². The van der Waals surface area contributed by atoms with E-state index in [0.29, 0.717) is 29.9 Å². The summed E-state index contributed by atoms with van der Waals surface area (Å²) in [7, 11) is 0. The van der Waals surface area contributed by atoms with Crippen molar-refractivity contribution in [1.29, 1.82) is 0 Å². The Morgan fingerprint density at radius 1 is 1.38 bits per heavy atom. The number of ether oxygens (including phenoxy) is 2. The molecule has 1 aromatic carbocycles. The van der Waals surface area contributed by atoms with Gasteiger partial charge in [0, 0.05) is 0 Å². The Balaban J connectivity index is 3.02. The number of halogens is 1. The molecule has 7 heteroatoms. The number of rotatable bonds is 7. The lowest BCUT2D eigenvalue weighted by atomic mass is 10.2. The first-order valence-electron chi connectivity index (χ1n) is 6.62. The Kier molecular flexibility index (Phi) is 8.22. The number of hydrogen-bond donors (Lipinski definition) is 1. The molecule has 0 bridgehead atoms. The number of hydrogen-bond acceptors (Lipinski definition) is 5. The van der Waals surface area contributed by atoms with Gasteiger partial charge in [0.25, 0.3) is 0 Å². The van der Waals surface area contributed by atoms with Gasteiger partial charge in [0.2, 0.25) is 0 Å². The number of benzene rings is 1. The van der Waals surface area contributed by atoms with Gasteiger partial charge in [-0.05, 0) is 53.2 Å². The lowest BCUT2D eigenvalue weighted by Gasteiger charge is -2.13. The van der Waals surface area contributed by atoms with Crippen LogP contribution in [0.5, 0.6) is 11.5 Å². The summed E-state index contributed by atoms with van der Waals surface area (Å²) in [5.41, 5.74) is 6.42. The van der Waals surface area contributed by atoms with Crippen LogP contribution in [-0.2, 0) is 0 Å². The van der Waals surface area contributed by atoms with Gasteiger partial charge in [0.15, 0.2) is 16.7 Å². The fraction of sp³-hybridized carbons (Fsp3) is 0.429. The number of nitrogens with zero attached hydrogens (tertiary/aromatic N) is 2. The minimum atomic E-state index is 0.415. The highest BCUT2D eigenvalue weighted by Crippen LogP contribution is 2.36. The van der Waals surface area contributed by atoms with Crippen molar-refractivity contribution >= 4 is 39.1 Å². The van der Waals surface area contributed by atoms with E-state index in [4.69, 9.17) is 15.2 Å². The molecule has 1 rings (SSSR count). The van der Waals surface area contributed by atoms with Gasteiger partial charge in [-0.3, -0.25) is 0 Å². The monoisotopic (exact) mass is 373 g/mol. The Bertz CT molecular complexity index is 521. The van der Waals surface area contributed by atoms with Gasteiger partial charge in [-0.2, -0.15) is 5.10 Å². The van der Waals surface area contributed by atoms with E-state index in [9.17, 15) is 0 Å². The fourth-order valence-corrected chi connectivity index (χ4v) is 2.17. The van der Waals surface area contributed by atoms with E-state index in [-0.39, 0.29) is 0 Å². The molecule has 0 unspecified atom stereocenters. The van der Waals surface area contributed by atoms with Gasteiger partial charge < -0.3 is 15.2 Å². The molecular formula is C14H20BrN3O2S. The Morgan fingerprint density at radius 3 is 2.76 bits per heavy atom. The lowest BCUT2D eigenvalue weighted by Crippen LogP contribution is -2.04. The molecule has 0 heterocycles. The van der Waals surface area contributed by atoms with Crippen LogP contribution < -0.4 is 15.2 Å².